The number of aromatic hydroxyl groups is 1. The zero-order chi connectivity index (χ0) is 30.2. The number of para-hydroxylation sites is 1. The average molecular weight is 596 g/mol. The van der Waals surface area contributed by atoms with Crippen LogP contribution in [-0.2, 0) is 32.0 Å². The van der Waals surface area contributed by atoms with Gasteiger partial charge in [-0.25, -0.2) is 4.79 Å². The minimum atomic E-state index is -1.07. The molecule has 4 unspecified atom stereocenters. The molecule has 2 aromatic carbocycles. The molecule has 3 aromatic rings. The van der Waals surface area contributed by atoms with Crippen molar-refractivity contribution in [3.63, 3.8) is 0 Å². The summed E-state index contributed by atoms with van der Waals surface area (Å²) >= 11 is 1.51. The number of rotatable bonds is 13. The van der Waals surface area contributed by atoms with Crippen LogP contribution in [-0.4, -0.2) is 86.5 Å². The van der Waals surface area contributed by atoms with Crippen molar-refractivity contribution in [1.29, 1.82) is 0 Å². The lowest BCUT2D eigenvalue weighted by Gasteiger charge is -2.29. The molecule has 0 spiro atoms. The van der Waals surface area contributed by atoms with E-state index in [9.17, 15) is 29.4 Å². The van der Waals surface area contributed by atoms with Gasteiger partial charge in [0.15, 0.2) is 0 Å². The molecule has 1 fully saturated rings. The predicted octanol–water partition coefficient (Wildman–Crippen LogP) is 1.78. The largest absolute Gasteiger partial charge is 0.508 e. The summed E-state index contributed by atoms with van der Waals surface area (Å²) in [4.78, 5) is 56.7. The van der Waals surface area contributed by atoms with Crippen LogP contribution in [0.2, 0.25) is 0 Å². The van der Waals surface area contributed by atoms with Crippen LogP contribution in [0.5, 0.6) is 5.75 Å². The zero-order valence-electron chi connectivity index (χ0n) is 23.4. The molecule has 0 saturated carbocycles. The van der Waals surface area contributed by atoms with E-state index in [1.54, 1.807) is 18.3 Å². The van der Waals surface area contributed by atoms with Gasteiger partial charge in [0, 0.05) is 30.1 Å². The molecule has 11 nitrogen and oxygen atoms in total. The molecule has 224 valence electrons. The fourth-order valence-electron chi connectivity index (χ4n) is 5.24. The van der Waals surface area contributed by atoms with Gasteiger partial charge in [-0.15, -0.1) is 0 Å². The fraction of sp³-hybridized carbons (Fsp3) is 0.400. The first kappa shape index (κ1) is 30.9. The molecule has 0 bridgehead atoms. The first-order valence-corrected chi connectivity index (χ1v) is 15.3. The van der Waals surface area contributed by atoms with Crippen molar-refractivity contribution < 1.29 is 29.4 Å². The number of thioether (sulfide) groups is 1. The molecule has 4 rings (SSSR count). The number of nitrogens with zero attached hydrogens (tertiary/aromatic N) is 1. The Morgan fingerprint density at radius 3 is 2.48 bits per heavy atom. The number of nitrogens with two attached hydrogens (primary N) is 1. The Hall–Kier alpha value is -4.03. The van der Waals surface area contributed by atoms with Crippen LogP contribution in [0.1, 0.15) is 30.4 Å². The number of amides is 3. The first-order valence-electron chi connectivity index (χ1n) is 13.9. The van der Waals surface area contributed by atoms with E-state index in [1.807, 2.05) is 30.5 Å². The molecule has 7 N–H and O–H groups in total. The lowest BCUT2D eigenvalue weighted by Crippen LogP contribution is -2.58. The van der Waals surface area contributed by atoms with Crippen molar-refractivity contribution >= 4 is 46.4 Å². The highest BCUT2D eigenvalue weighted by Gasteiger charge is 2.38. The molecule has 42 heavy (non-hydrogen) atoms. The number of hydrogen-bond acceptors (Lipinski definition) is 7. The summed E-state index contributed by atoms with van der Waals surface area (Å²) in [6.07, 6.45) is 5.24. The maximum absolute atomic E-state index is 13.8. The average Bonchev–Trinajstić information content (AvgIpc) is 3.63. The van der Waals surface area contributed by atoms with Gasteiger partial charge in [0.05, 0.1) is 6.04 Å². The number of likely N-dealkylation sites (tertiary alicyclic amines) is 1. The Balaban J connectivity index is 1.55. The number of benzene rings is 2. The molecular weight excluding hydrogens is 558 g/mol. The summed E-state index contributed by atoms with van der Waals surface area (Å²) in [6, 6.07) is 10.1. The summed E-state index contributed by atoms with van der Waals surface area (Å²) in [5.74, 6) is -1.94. The number of carbonyl (C=O) groups excluding carboxylic acids is 3. The molecule has 4 atom stereocenters. The second-order valence-corrected chi connectivity index (χ2v) is 11.5. The van der Waals surface area contributed by atoms with Gasteiger partial charge < -0.3 is 36.5 Å². The molecule has 2 heterocycles. The third-order valence-electron chi connectivity index (χ3n) is 7.51. The third-order valence-corrected chi connectivity index (χ3v) is 8.15. The fourth-order valence-corrected chi connectivity index (χ4v) is 5.71. The summed E-state index contributed by atoms with van der Waals surface area (Å²) in [5, 5.41) is 25.6. The van der Waals surface area contributed by atoms with E-state index in [4.69, 9.17) is 5.73 Å². The summed E-state index contributed by atoms with van der Waals surface area (Å²) < 4.78 is 0. The van der Waals surface area contributed by atoms with Crippen LogP contribution in [0.15, 0.2) is 54.7 Å². The van der Waals surface area contributed by atoms with Gasteiger partial charge in [0.2, 0.25) is 17.7 Å². The maximum atomic E-state index is 13.8. The van der Waals surface area contributed by atoms with Crippen LogP contribution in [0, 0.1) is 0 Å². The van der Waals surface area contributed by atoms with Gasteiger partial charge in [-0.1, -0.05) is 30.3 Å². The number of aliphatic carboxylic acids is 1. The van der Waals surface area contributed by atoms with E-state index in [1.165, 1.54) is 28.8 Å². The highest BCUT2D eigenvalue weighted by Crippen LogP contribution is 2.21. The molecule has 0 aliphatic carbocycles. The molecular formula is C30H37N5O6S. The third kappa shape index (κ3) is 7.62. The lowest BCUT2D eigenvalue weighted by atomic mass is 10.0. The second kappa shape index (κ2) is 14.2. The van der Waals surface area contributed by atoms with Gasteiger partial charge in [-0.05, 0) is 67.0 Å². The number of fused-ring (bicyclic) bond motifs is 1. The number of carboxylic acid groups (broad SMARTS) is 1. The monoisotopic (exact) mass is 595 g/mol. The molecule has 1 aliphatic heterocycles. The summed E-state index contributed by atoms with van der Waals surface area (Å²) in [6.45, 7) is 0.309. The molecule has 12 heteroatoms. The van der Waals surface area contributed by atoms with Crippen molar-refractivity contribution in [2.24, 2.45) is 5.73 Å². The van der Waals surface area contributed by atoms with Gasteiger partial charge in [-0.3, -0.25) is 14.4 Å². The number of hydrogen-bond donors (Lipinski definition) is 6. The van der Waals surface area contributed by atoms with Crippen LogP contribution in [0.4, 0.5) is 0 Å². The van der Waals surface area contributed by atoms with Gasteiger partial charge in [0.25, 0.3) is 0 Å². The van der Waals surface area contributed by atoms with Crippen molar-refractivity contribution in [3.8, 4) is 5.75 Å². The summed E-state index contributed by atoms with van der Waals surface area (Å²) in [5.41, 5.74) is 8.63. The van der Waals surface area contributed by atoms with Crippen LogP contribution < -0.4 is 16.4 Å². The number of phenols is 1. The van der Waals surface area contributed by atoms with Crippen molar-refractivity contribution in [2.75, 3.05) is 18.6 Å². The number of aromatic nitrogens is 1. The van der Waals surface area contributed by atoms with Crippen LogP contribution in [0.25, 0.3) is 10.9 Å². The highest BCUT2D eigenvalue weighted by atomic mass is 32.2. The number of nitrogens with one attached hydrogen (secondary N) is 3. The molecule has 3 amide bonds. The number of aromatic amines is 1. The summed E-state index contributed by atoms with van der Waals surface area (Å²) in [7, 11) is 0. The van der Waals surface area contributed by atoms with Crippen molar-refractivity contribution in [1.82, 2.24) is 20.5 Å². The number of carbonyl (C=O) groups is 4. The van der Waals surface area contributed by atoms with E-state index >= 15 is 0 Å². The first-order chi connectivity index (χ1) is 20.2. The van der Waals surface area contributed by atoms with E-state index in [0.717, 1.165) is 22.0 Å². The maximum Gasteiger partial charge on any atom is 0.326 e. The van der Waals surface area contributed by atoms with Crippen molar-refractivity contribution in [3.05, 3.63) is 65.9 Å². The van der Waals surface area contributed by atoms with E-state index in [-0.39, 0.29) is 18.6 Å². The predicted molar refractivity (Wildman–Crippen MR) is 161 cm³/mol. The minimum Gasteiger partial charge on any atom is -0.508 e. The van der Waals surface area contributed by atoms with Gasteiger partial charge in [-0.2, -0.15) is 11.8 Å². The minimum absolute atomic E-state index is 0.0985. The Morgan fingerprint density at radius 1 is 1.05 bits per heavy atom. The van der Waals surface area contributed by atoms with Crippen LogP contribution >= 0.6 is 11.8 Å². The van der Waals surface area contributed by atoms with E-state index in [0.29, 0.717) is 31.6 Å². The number of phenolic OH excluding ortho intramolecular Hbond substituents is 1. The normalized spacial score (nSPS) is 17.0. The van der Waals surface area contributed by atoms with E-state index in [2.05, 4.69) is 15.6 Å². The molecule has 1 aromatic heterocycles. The Labute approximate surface area is 248 Å². The highest BCUT2D eigenvalue weighted by molar-refractivity contribution is 7.98. The van der Waals surface area contributed by atoms with Crippen LogP contribution in [0.3, 0.4) is 0 Å². The van der Waals surface area contributed by atoms with E-state index < -0.39 is 47.9 Å². The Bertz CT molecular complexity index is 1410. The molecule has 1 aliphatic rings. The van der Waals surface area contributed by atoms with Gasteiger partial charge in [0.1, 0.15) is 23.9 Å². The quantitative estimate of drug-likeness (QED) is 0.173. The molecule has 1 saturated heterocycles. The Morgan fingerprint density at radius 2 is 1.76 bits per heavy atom. The number of carboxylic acids is 1. The zero-order valence-corrected chi connectivity index (χ0v) is 24.2. The molecule has 0 radical (unpaired) electrons. The Kier molecular flexibility index (Phi) is 10.5. The SMILES string of the molecule is CSCCC(NC(=O)C(Cc1c[nH]c2ccccc12)NC(=O)C(N)Cc1ccc(O)cc1)C(=O)N1CCCC1C(=O)O. The smallest absolute Gasteiger partial charge is 0.326 e. The lowest BCUT2D eigenvalue weighted by molar-refractivity contribution is -0.149. The van der Waals surface area contributed by atoms with Crippen molar-refractivity contribution in [2.45, 2.75) is 56.3 Å². The van der Waals surface area contributed by atoms with Gasteiger partial charge >= 0.3 is 5.97 Å². The topological polar surface area (TPSA) is 178 Å². The number of H-pyrrole nitrogens is 1. The standard InChI is InChI=1S/C30H37N5O6S/c1-42-14-12-24(29(39)35-13-4-7-26(35)30(40)41)33-28(38)25(16-19-17-32-23-6-3-2-5-21(19)23)34-27(37)22(31)15-18-8-10-20(36)11-9-18/h2-3,5-6,8-11,17,22,24-26,32,36H,4,7,12-16,31H2,1H3,(H,33,38)(H,34,37)(H,40,41). The second-order valence-electron chi connectivity index (χ2n) is 10.5.